The Morgan fingerprint density at radius 3 is 1.69 bits per heavy atom. The summed E-state index contributed by atoms with van der Waals surface area (Å²) in [6.45, 7) is 1.82. The van der Waals surface area contributed by atoms with Crippen molar-refractivity contribution in [2.45, 2.75) is 134 Å². The predicted octanol–water partition coefficient (Wildman–Crippen LogP) is 2.84. The lowest BCUT2D eigenvalue weighted by molar-refractivity contribution is -0.137. The number of aliphatic hydroxyl groups excluding tert-OH is 3. The predicted molar refractivity (Wildman–Crippen MR) is 157 cm³/mol. The molecule has 0 spiro atoms. The monoisotopic (exact) mass is 625 g/mol. The zero-order valence-electron chi connectivity index (χ0n) is 24.7. The molecule has 0 aromatic carbocycles. The van der Waals surface area contributed by atoms with Crippen LogP contribution in [0.2, 0.25) is 0 Å². The van der Waals surface area contributed by atoms with Crippen LogP contribution in [0.4, 0.5) is 5.82 Å². The van der Waals surface area contributed by atoms with E-state index in [1.165, 1.54) is 95.7 Å². The molecule has 1 saturated heterocycles. The van der Waals surface area contributed by atoms with Gasteiger partial charge >= 0.3 is 19.5 Å². The summed E-state index contributed by atoms with van der Waals surface area (Å²) in [6.07, 6.45) is 16.9. The van der Waals surface area contributed by atoms with E-state index in [9.17, 15) is 19.8 Å². The number of anilines is 1. The van der Waals surface area contributed by atoms with Crippen LogP contribution in [0.1, 0.15) is 116 Å². The summed E-state index contributed by atoms with van der Waals surface area (Å²) in [5.41, 5.74) is 4.63. The molecule has 246 valence electrons. The lowest BCUT2D eigenvalue weighted by Gasteiger charge is -2.16. The van der Waals surface area contributed by atoms with Gasteiger partial charge in [0, 0.05) is 12.6 Å². The van der Waals surface area contributed by atoms with E-state index in [-0.39, 0.29) is 5.82 Å². The minimum atomic E-state index is -4.64. The molecule has 0 aliphatic carbocycles. The second-order valence-corrected chi connectivity index (χ2v) is 11.4. The highest BCUT2D eigenvalue weighted by molar-refractivity contribution is 7.45. The molecule has 0 amide bonds. The topological polar surface area (TPSA) is 246 Å². The number of carboxylic acid groups (broad SMARTS) is 1. The molecule has 9 N–H and O–H groups in total. The fraction of sp³-hybridized carbons (Fsp3) is 0.815. The summed E-state index contributed by atoms with van der Waals surface area (Å²) in [4.78, 5) is 46.9. The Hall–Kier alpha value is -1.90. The van der Waals surface area contributed by atoms with Gasteiger partial charge in [0.05, 0.1) is 6.61 Å². The number of aliphatic hydroxyl groups is 3. The summed E-state index contributed by atoms with van der Waals surface area (Å²) in [6, 6.07) is 1.37. The highest BCUT2D eigenvalue weighted by atomic mass is 31.2. The number of hydrogen-bond acceptors (Lipinski definition) is 9. The second-order valence-electron chi connectivity index (χ2n) is 10.4. The Kier molecular flexibility index (Phi) is 22.5. The molecule has 4 atom stereocenters. The van der Waals surface area contributed by atoms with Gasteiger partial charge in [-0.1, -0.05) is 96.8 Å². The Labute approximate surface area is 247 Å². The third-order valence-electron chi connectivity index (χ3n) is 6.64. The van der Waals surface area contributed by atoms with Crippen LogP contribution in [0.15, 0.2) is 17.1 Å². The average Bonchev–Trinajstić information content (AvgIpc) is 3.19. The zero-order chi connectivity index (χ0) is 32.0. The van der Waals surface area contributed by atoms with Crippen LogP contribution in [0.5, 0.6) is 0 Å². The molecular weight excluding hydrogens is 573 g/mol. The molecule has 2 rings (SSSR count). The molecule has 1 aliphatic rings. The summed E-state index contributed by atoms with van der Waals surface area (Å²) in [5.74, 6) is -0.599. The molecule has 1 aliphatic heterocycles. The van der Waals surface area contributed by atoms with Crippen LogP contribution >= 0.6 is 7.82 Å². The van der Waals surface area contributed by atoms with Gasteiger partial charge in [-0.15, -0.1) is 0 Å². The van der Waals surface area contributed by atoms with E-state index < -0.39 is 50.6 Å². The number of nitrogens with zero attached hydrogens (tertiary/aromatic N) is 2. The van der Waals surface area contributed by atoms with Gasteiger partial charge in [-0.05, 0) is 12.5 Å². The number of carbonyl (C=O) groups is 1. The Bertz CT molecular complexity index is 936. The Morgan fingerprint density at radius 2 is 1.33 bits per heavy atom. The van der Waals surface area contributed by atoms with E-state index in [0.29, 0.717) is 6.42 Å². The van der Waals surface area contributed by atoms with Crippen molar-refractivity contribution < 1.29 is 49.2 Å². The van der Waals surface area contributed by atoms with Crippen LogP contribution in [0, 0.1) is 0 Å². The first-order chi connectivity index (χ1) is 19.8. The van der Waals surface area contributed by atoms with E-state index >= 15 is 0 Å². The maximum Gasteiger partial charge on any atom is 0.466 e. The number of unbranched alkanes of at least 4 members (excludes halogenated alkanes) is 14. The molecule has 2 heterocycles. The molecule has 0 radical (unpaired) electrons. The van der Waals surface area contributed by atoms with E-state index in [1.807, 2.05) is 0 Å². The van der Waals surface area contributed by atoms with Gasteiger partial charge in [0.15, 0.2) is 6.23 Å². The number of carboxylic acids is 1. The lowest BCUT2D eigenvalue weighted by atomic mass is 10.0. The lowest BCUT2D eigenvalue weighted by Crippen LogP contribution is -2.36. The van der Waals surface area contributed by atoms with Crippen molar-refractivity contribution >= 4 is 19.6 Å². The van der Waals surface area contributed by atoms with Gasteiger partial charge in [-0.3, -0.25) is 9.36 Å². The summed E-state index contributed by atoms with van der Waals surface area (Å²) in [5, 5.41) is 36.7. The molecule has 1 aromatic heterocycles. The van der Waals surface area contributed by atoms with Gasteiger partial charge in [0.1, 0.15) is 24.1 Å². The van der Waals surface area contributed by atoms with Crippen molar-refractivity contribution in [3.05, 3.63) is 22.7 Å². The van der Waals surface area contributed by atoms with Crippen LogP contribution in [-0.4, -0.2) is 75.5 Å². The molecule has 1 fully saturated rings. The van der Waals surface area contributed by atoms with Gasteiger partial charge < -0.3 is 45.6 Å². The Morgan fingerprint density at radius 1 is 0.905 bits per heavy atom. The normalized spacial score (nSPS) is 19.9. The number of phosphoric acid groups is 1. The van der Waals surface area contributed by atoms with Crippen LogP contribution in [0.3, 0.4) is 0 Å². The molecular formula is C27H52N3O11P. The van der Waals surface area contributed by atoms with Crippen molar-refractivity contribution in [1.82, 2.24) is 9.55 Å². The van der Waals surface area contributed by atoms with Crippen molar-refractivity contribution in [3.63, 3.8) is 0 Å². The fourth-order valence-corrected chi connectivity index (χ4v) is 4.38. The highest BCUT2D eigenvalue weighted by Gasteiger charge is 2.43. The molecule has 42 heavy (non-hydrogen) atoms. The van der Waals surface area contributed by atoms with Crippen molar-refractivity contribution in [1.29, 1.82) is 0 Å². The number of aliphatic carboxylic acids is 1. The summed E-state index contributed by atoms with van der Waals surface area (Å²) in [7, 11) is -4.64. The van der Waals surface area contributed by atoms with Crippen molar-refractivity contribution in [3.8, 4) is 0 Å². The SMILES string of the molecule is CCCCCCCCCCCCCCCCCC(=O)O.Nc1ccn([C@@H]2O[C@H](CO)[C@@H](O)[C@@H]2O)c(=O)n1.O=P(O)(O)O. The number of hydrogen-bond donors (Lipinski definition) is 8. The van der Waals surface area contributed by atoms with E-state index in [2.05, 4.69) is 11.9 Å². The van der Waals surface area contributed by atoms with E-state index in [0.717, 1.165) is 17.4 Å². The molecule has 1 aromatic rings. The van der Waals surface area contributed by atoms with Gasteiger partial charge in [0.2, 0.25) is 0 Å². The summed E-state index contributed by atoms with van der Waals surface area (Å²) < 4.78 is 15.1. The first-order valence-electron chi connectivity index (χ1n) is 14.8. The number of nitrogens with two attached hydrogens (primary N) is 1. The third kappa shape index (κ3) is 20.9. The third-order valence-corrected chi connectivity index (χ3v) is 6.64. The first kappa shape index (κ1) is 40.1. The fourth-order valence-electron chi connectivity index (χ4n) is 4.38. The zero-order valence-corrected chi connectivity index (χ0v) is 25.6. The molecule has 0 unspecified atom stereocenters. The minimum absolute atomic E-state index is 0.0537. The second kappa shape index (κ2) is 23.5. The van der Waals surface area contributed by atoms with Gasteiger partial charge in [0.25, 0.3) is 0 Å². The largest absolute Gasteiger partial charge is 0.481 e. The molecule has 0 saturated carbocycles. The van der Waals surface area contributed by atoms with Crippen LogP contribution in [0.25, 0.3) is 0 Å². The van der Waals surface area contributed by atoms with Crippen molar-refractivity contribution in [2.24, 2.45) is 0 Å². The standard InChI is InChI=1S/C18H36O2.C9H13N3O5.H3O4P/c1-2-3-4-5-6-7-8-9-10-11-12-13-14-15-16-17-18(19)20;10-5-1-2-12(9(16)11-5)8-7(15)6(14)4(3-13)17-8;1-5(2,3)4/h2-17H2,1H3,(H,19,20);1-2,4,6-8,13-15H,3H2,(H2,10,11,16);(H3,1,2,3,4)/t;4-,6-,7+,8-;/m.1./s1. The quantitative estimate of drug-likeness (QED) is 0.0865. The smallest absolute Gasteiger partial charge is 0.466 e. The van der Waals surface area contributed by atoms with E-state index in [1.54, 1.807) is 0 Å². The molecule has 15 heteroatoms. The maximum atomic E-state index is 11.5. The Balaban J connectivity index is 0.000000694. The number of aromatic nitrogens is 2. The highest BCUT2D eigenvalue weighted by Crippen LogP contribution is 2.28. The average molecular weight is 626 g/mol. The van der Waals surface area contributed by atoms with E-state index in [4.69, 9.17) is 39.9 Å². The molecule has 14 nitrogen and oxygen atoms in total. The van der Waals surface area contributed by atoms with Gasteiger partial charge in [-0.25, -0.2) is 9.36 Å². The van der Waals surface area contributed by atoms with Gasteiger partial charge in [-0.2, -0.15) is 4.98 Å². The molecule has 0 bridgehead atoms. The minimum Gasteiger partial charge on any atom is -0.481 e. The number of nitrogen functional groups attached to an aromatic ring is 1. The number of ether oxygens (including phenoxy) is 1. The first-order valence-corrected chi connectivity index (χ1v) is 16.4. The van der Waals surface area contributed by atoms with Crippen molar-refractivity contribution in [2.75, 3.05) is 12.3 Å². The summed E-state index contributed by atoms with van der Waals surface area (Å²) >= 11 is 0. The maximum absolute atomic E-state index is 11.5. The number of rotatable bonds is 18. The van der Waals surface area contributed by atoms with Crippen LogP contribution < -0.4 is 11.4 Å². The van der Waals surface area contributed by atoms with Crippen LogP contribution in [-0.2, 0) is 14.1 Å².